The van der Waals surface area contributed by atoms with Gasteiger partial charge in [-0.05, 0) is 60.2 Å². The number of nitrogens with one attached hydrogen (secondary N) is 10. The number of nitrogens with two attached hydrogens (primary N) is 1. The summed E-state index contributed by atoms with van der Waals surface area (Å²) in [5, 5.41) is 37.9. The Morgan fingerprint density at radius 2 is 1.06 bits per heavy atom. The van der Waals surface area contributed by atoms with Crippen LogP contribution in [0.25, 0.3) is 10.9 Å². The first-order valence-corrected chi connectivity index (χ1v) is 25.3. The first-order chi connectivity index (χ1) is 37.3. The van der Waals surface area contributed by atoms with Crippen LogP contribution < -0.4 is 53.8 Å². The Bertz CT molecular complexity index is 2880. The average molecular weight is 1070 g/mol. The zero-order valence-corrected chi connectivity index (χ0v) is 43.4. The van der Waals surface area contributed by atoms with Crippen LogP contribution in [-0.2, 0) is 73.6 Å². The van der Waals surface area contributed by atoms with Crippen LogP contribution in [0.3, 0.4) is 0 Å². The third-order valence-corrected chi connectivity index (χ3v) is 12.3. The summed E-state index contributed by atoms with van der Waals surface area (Å²) in [5.41, 5.74) is 13.9. The highest BCUT2D eigenvalue weighted by Gasteiger charge is 2.33. The summed E-state index contributed by atoms with van der Waals surface area (Å²) in [5.74, 6) is -8.75. The maximum Gasteiger partial charge on any atom is 0.305 e. The highest BCUT2D eigenvalue weighted by atomic mass is 16.4. The van der Waals surface area contributed by atoms with E-state index in [1.165, 1.54) is 26.0 Å². The fraction of sp³-hybridized carbons (Fsp3) is 0.345. The topological polar surface area (TPSA) is 361 Å². The van der Waals surface area contributed by atoms with Crippen molar-refractivity contribution in [1.82, 2.24) is 53.1 Å². The van der Waals surface area contributed by atoms with Gasteiger partial charge in [0, 0.05) is 43.3 Å². The molecule has 0 fully saturated rings. The standard InChI is InChI=1S/C55H67N11O12/c1-4-5-19-42(62-52(75)45(60-33(3)67)28-37-30-57-41-20-13-12-18-39(37)41)51(74)64-46(29-48(70)71)53(76)63-44(27-35-16-10-7-11-17-35)55(78)66-65-54(77)43(26-34-14-8-6-9-15-34)61-47(69)31-58-49(72)32(2)59-50(73)40(56)25-36-21-23-38(68)24-22-36/h6-18,20-24,30,32,40,42-46,57,68H,4-5,19,25-29,31,56H2,1-3H3,(H,58,72)(H,59,73)(H,60,67)(H,61,69)(H,62,75)(H,63,76)(H,64,74)(H,65,77)(H,66,78)(H,70,71)/t32-,40+,42+,43+,44+,45+,46+/m1/s1. The number of carbonyl (C=O) groups is 10. The van der Waals surface area contributed by atoms with Gasteiger partial charge in [0.1, 0.15) is 42.0 Å². The van der Waals surface area contributed by atoms with Crippen molar-refractivity contribution in [2.45, 2.75) is 114 Å². The van der Waals surface area contributed by atoms with Gasteiger partial charge in [-0.3, -0.25) is 58.8 Å². The van der Waals surface area contributed by atoms with Crippen LogP contribution in [-0.4, -0.2) is 123 Å². The van der Waals surface area contributed by atoms with Crippen molar-refractivity contribution in [3.63, 3.8) is 0 Å². The number of hydrogen-bond acceptors (Lipinski definition) is 12. The lowest BCUT2D eigenvalue weighted by atomic mass is 10.0. The predicted octanol–water partition coefficient (Wildman–Crippen LogP) is 0.349. The van der Waals surface area contributed by atoms with Crippen molar-refractivity contribution < 1.29 is 58.2 Å². The van der Waals surface area contributed by atoms with Gasteiger partial charge in [-0.1, -0.05) is 111 Å². The molecular weight excluding hydrogens is 1010 g/mol. The molecule has 4 aromatic carbocycles. The second kappa shape index (κ2) is 29.8. The highest BCUT2D eigenvalue weighted by molar-refractivity contribution is 5.98. The van der Waals surface area contributed by atoms with Crippen molar-refractivity contribution in [2.24, 2.45) is 5.73 Å². The number of hydrogen-bond donors (Lipinski definition) is 13. The monoisotopic (exact) mass is 1070 g/mol. The predicted molar refractivity (Wildman–Crippen MR) is 286 cm³/mol. The molecule has 78 heavy (non-hydrogen) atoms. The molecule has 23 nitrogen and oxygen atoms in total. The van der Waals surface area contributed by atoms with Crippen LogP contribution in [0.1, 0.15) is 68.7 Å². The number of H-pyrrole nitrogens is 1. The maximum absolute atomic E-state index is 14.1. The molecule has 1 heterocycles. The Balaban J connectivity index is 1.24. The van der Waals surface area contributed by atoms with E-state index in [-0.39, 0.29) is 37.9 Å². The van der Waals surface area contributed by atoms with E-state index in [1.807, 2.05) is 31.2 Å². The molecule has 5 aromatic rings. The summed E-state index contributed by atoms with van der Waals surface area (Å²) in [4.78, 5) is 136. The lowest BCUT2D eigenvalue weighted by molar-refractivity contribution is -0.141. The molecule has 23 heteroatoms. The molecule has 5 rings (SSSR count). The van der Waals surface area contributed by atoms with E-state index >= 15 is 0 Å². The van der Waals surface area contributed by atoms with Crippen molar-refractivity contribution in [1.29, 1.82) is 0 Å². The molecule has 7 atom stereocenters. The minimum atomic E-state index is -1.78. The van der Waals surface area contributed by atoms with Gasteiger partial charge in [-0.15, -0.1) is 0 Å². The zero-order chi connectivity index (χ0) is 56.7. The number of carboxylic acid groups (broad SMARTS) is 1. The van der Waals surface area contributed by atoms with Gasteiger partial charge >= 0.3 is 5.97 Å². The Morgan fingerprint density at radius 1 is 0.551 bits per heavy atom. The van der Waals surface area contributed by atoms with Gasteiger partial charge in [0.15, 0.2) is 0 Å². The van der Waals surface area contributed by atoms with E-state index in [4.69, 9.17) is 5.73 Å². The van der Waals surface area contributed by atoms with Crippen LogP contribution in [0.5, 0.6) is 5.75 Å². The summed E-state index contributed by atoms with van der Waals surface area (Å²) in [6.45, 7) is 3.86. The van der Waals surface area contributed by atoms with Gasteiger partial charge in [0.25, 0.3) is 11.8 Å². The number of benzene rings is 4. The van der Waals surface area contributed by atoms with Crippen LogP contribution in [0.4, 0.5) is 0 Å². The zero-order valence-electron chi connectivity index (χ0n) is 43.4. The minimum Gasteiger partial charge on any atom is -0.508 e. The van der Waals surface area contributed by atoms with Gasteiger partial charge in [-0.2, -0.15) is 0 Å². The quantitative estimate of drug-likeness (QED) is 0.0301. The number of para-hydroxylation sites is 1. The number of carbonyl (C=O) groups excluding carboxylic acids is 9. The molecule has 0 spiro atoms. The molecule has 0 unspecified atom stereocenters. The molecule has 0 aliphatic heterocycles. The second-order valence-corrected chi connectivity index (χ2v) is 18.6. The van der Waals surface area contributed by atoms with Crippen LogP contribution >= 0.6 is 0 Å². The molecule has 14 N–H and O–H groups in total. The van der Waals surface area contributed by atoms with Crippen molar-refractivity contribution in [3.05, 3.63) is 138 Å². The van der Waals surface area contributed by atoms with E-state index in [1.54, 1.807) is 79.0 Å². The fourth-order valence-electron chi connectivity index (χ4n) is 8.20. The number of aromatic nitrogens is 1. The number of aromatic amines is 1. The third-order valence-electron chi connectivity index (χ3n) is 12.3. The van der Waals surface area contributed by atoms with E-state index in [0.29, 0.717) is 29.5 Å². The summed E-state index contributed by atoms with van der Waals surface area (Å²) >= 11 is 0. The first kappa shape index (κ1) is 59.8. The lowest BCUT2D eigenvalue weighted by Gasteiger charge is -2.26. The summed E-state index contributed by atoms with van der Waals surface area (Å²) in [6.07, 6.45) is 1.77. The number of rotatable bonds is 28. The van der Waals surface area contributed by atoms with Crippen molar-refractivity contribution >= 4 is 70.0 Å². The number of hydrazine groups is 1. The van der Waals surface area contributed by atoms with E-state index in [9.17, 15) is 58.2 Å². The van der Waals surface area contributed by atoms with E-state index in [2.05, 4.69) is 53.1 Å². The first-order valence-electron chi connectivity index (χ1n) is 25.3. The molecule has 0 bridgehead atoms. The second-order valence-electron chi connectivity index (χ2n) is 18.6. The Kier molecular flexibility index (Phi) is 22.9. The lowest BCUT2D eigenvalue weighted by Crippen LogP contribution is -2.60. The normalized spacial score (nSPS) is 13.6. The Morgan fingerprint density at radius 3 is 1.65 bits per heavy atom. The Labute approximate surface area is 450 Å². The van der Waals surface area contributed by atoms with E-state index in [0.717, 1.165) is 16.5 Å². The number of carboxylic acids is 1. The molecule has 0 aliphatic carbocycles. The van der Waals surface area contributed by atoms with E-state index < -0.39 is 114 Å². The third kappa shape index (κ3) is 19.2. The molecule has 0 saturated carbocycles. The number of amides is 9. The van der Waals surface area contributed by atoms with Crippen LogP contribution in [0.2, 0.25) is 0 Å². The van der Waals surface area contributed by atoms with Gasteiger partial charge in [0.2, 0.25) is 41.4 Å². The van der Waals surface area contributed by atoms with Crippen molar-refractivity contribution in [2.75, 3.05) is 6.54 Å². The molecule has 9 amide bonds. The molecule has 0 aliphatic rings. The number of unbranched alkanes of at least 4 members (excludes halogenated alkanes) is 1. The fourth-order valence-corrected chi connectivity index (χ4v) is 8.20. The van der Waals surface area contributed by atoms with Crippen molar-refractivity contribution in [3.8, 4) is 5.75 Å². The van der Waals surface area contributed by atoms with Crippen LogP contribution in [0, 0.1) is 0 Å². The molecule has 0 saturated heterocycles. The summed E-state index contributed by atoms with van der Waals surface area (Å²) in [7, 11) is 0. The molecule has 0 radical (unpaired) electrons. The summed E-state index contributed by atoms with van der Waals surface area (Å²) in [6, 6.07) is 21.2. The molecule has 1 aromatic heterocycles. The molecule has 414 valence electrons. The number of aliphatic carboxylic acids is 1. The highest BCUT2D eigenvalue weighted by Crippen LogP contribution is 2.20. The van der Waals surface area contributed by atoms with Gasteiger partial charge in [-0.25, -0.2) is 0 Å². The largest absolute Gasteiger partial charge is 0.508 e. The van der Waals surface area contributed by atoms with Crippen LogP contribution in [0.15, 0.2) is 115 Å². The number of aromatic hydroxyl groups is 1. The maximum atomic E-state index is 14.1. The average Bonchev–Trinajstić information content (AvgIpc) is 3.87. The number of phenolic OH excluding ortho intramolecular Hbond substituents is 1. The smallest absolute Gasteiger partial charge is 0.305 e. The molecular formula is C55H67N11O12. The SMILES string of the molecule is CCCC[C@H](NC(=O)[C@H](Cc1c[nH]c2ccccc12)NC(C)=O)C(=O)N[C@@H](CC(=O)O)C(=O)N[C@@H](Cc1ccccc1)C(=O)NNC(=O)[C@H](Cc1ccccc1)NC(=O)CNC(=O)[C@@H](C)NC(=O)[C@@H](N)Cc1ccc(O)cc1. The minimum absolute atomic E-state index is 0.0429. The number of phenols is 1. The number of fused-ring (bicyclic) bond motifs is 1. The summed E-state index contributed by atoms with van der Waals surface area (Å²) < 4.78 is 0. The Hall–Kier alpha value is -9.12. The van der Waals surface area contributed by atoms with Gasteiger partial charge < -0.3 is 58.1 Å². The van der Waals surface area contributed by atoms with Gasteiger partial charge in [0.05, 0.1) is 19.0 Å².